The Morgan fingerprint density at radius 2 is 1.55 bits per heavy atom. The molecule has 29 heavy (non-hydrogen) atoms. The summed E-state index contributed by atoms with van der Waals surface area (Å²) in [6.45, 7) is 8.49. The van der Waals surface area contributed by atoms with Crippen LogP contribution in [0.15, 0.2) is 36.7 Å². The number of urea groups is 1. The molecule has 1 aliphatic rings. The number of piperazine rings is 1. The summed E-state index contributed by atoms with van der Waals surface area (Å²) in [4.78, 5) is 37.0. The van der Waals surface area contributed by atoms with Crippen LogP contribution in [0, 0.1) is 5.41 Å². The molecule has 3 rings (SSSR count). The Morgan fingerprint density at radius 1 is 0.966 bits per heavy atom. The van der Waals surface area contributed by atoms with Crippen molar-refractivity contribution in [3.05, 3.63) is 41.8 Å². The molecular weight excluding hydrogens is 392 g/mol. The van der Waals surface area contributed by atoms with Crippen molar-refractivity contribution >= 4 is 40.7 Å². The summed E-state index contributed by atoms with van der Waals surface area (Å²) in [5, 5.41) is 5.81. The maximum Gasteiger partial charge on any atom is 0.323 e. The molecule has 1 saturated heterocycles. The number of hydrogen-bond acceptors (Lipinski definition) is 5. The fourth-order valence-corrected chi connectivity index (χ4v) is 3.23. The van der Waals surface area contributed by atoms with E-state index in [0.29, 0.717) is 42.7 Å². The molecule has 2 aromatic heterocycles. The standard InChI is InChI=1S/C20H25ClN6O2/c1-20(2,3)18(28)27-10-8-26(9-11-27)17-13-15(5-7-23-17)25-19(29)24-14-4-6-22-16(21)12-14/h4-7,12-13H,8-11H2,1-3H3,(H2,22,23,24,25,29). The van der Waals surface area contributed by atoms with Crippen molar-refractivity contribution in [3.63, 3.8) is 0 Å². The third kappa shape index (κ3) is 5.57. The van der Waals surface area contributed by atoms with Gasteiger partial charge in [0.25, 0.3) is 0 Å². The van der Waals surface area contributed by atoms with Gasteiger partial charge < -0.3 is 20.4 Å². The van der Waals surface area contributed by atoms with E-state index in [0.717, 1.165) is 5.82 Å². The lowest BCUT2D eigenvalue weighted by atomic mass is 9.94. The molecule has 0 bridgehead atoms. The number of carbonyl (C=O) groups excluding carboxylic acids is 2. The van der Waals surface area contributed by atoms with E-state index in [1.807, 2.05) is 31.7 Å². The van der Waals surface area contributed by atoms with Crippen LogP contribution < -0.4 is 15.5 Å². The molecule has 0 aliphatic carbocycles. The van der Waals surface area contributed by atoms with E-state index < -0.39 is 0 Å². The highest BCUT2D eigenvalue weighted by Crippen LogP contribution is 2.22. The normalized spacial score (nSPS) is 14.5. The number of nitrogens with one attached hydrogen (secondary N) is 2. The van der Waals surface area contributed by atoms with E-state index in [1.54, 1.807) is 24.4 Å². The highest BCUT2D eigenvalue weighted by atomic mass is 35.5. The van der Waals surface area contributed by atoms with Gasteiger partial charge in [-0.05, 0) is 18.2 Å². The van der Waals surface area contributed by atoms with Gasteiger partial charge in [-0.25, -0.2) is 14.8 Å². The highest BCUT2D eigenvalue weighted by Gasteiger charge is 2.30. The Balaban J connectivity index is 1.59. The van der Waals surface area contributed by atoms with Crippen molar-refractivity contribution in [1.82, 2.24) is 14.9 Å². The number of nitrogens with zero attached hydrogens (tertiary/aromatic N) is 4. The number of halogens is 1. The lowest BCUT2D eigenvalue weighted by molar-refractivity contribution is -0.139. The maximum absolute atomic E-state index is 12.4. The lowest BCUT2D eigenvalue weighted by Crippen LogP contribution is -2.51. The van der Waals surface area contributed by atoms with E-state index >= 15 is 0 Å². The van der Waals surface area contributed by atoms with Crippen molar-refractivity contribution in [1.29, 1.82) is 0 Å². The highest BCUT2D eigenvalue weighted by molar-refractivity contribution is 6.29. The summed E-state index contributed by atoms with van der Waals surface area (Å²) in [6.07, 6.45) is 3.17. The van der Waals surface area contributed by atoms with Crippen LogP contribution in [-0.4, -0.2) is 53.0 Å². The smallest absolute Gasteiger partial charge is 0.323 e. The predicted octanol–water partition coefficient (Wildman–Crippen LogP) is 3.47. The van der Waals surface area contributed by atoms with Gasteiger partial charge in [0.05, 0.1) is 0 Å². The minimum absolute atomic E-state index is 0.161. The van der Waals surface area contributed by atoms with Gasteiger partial charge in [0.1, 0.15) is 11.0 Å². The average molecular weight is 417 g/mol. The third-order valence-electron chi connectivity index (χ3n) is 4.52. The van der Waals surface area contributed by atoms with E-state index in [2.05, 4.69) is 25.5 Å². The summed E-state index contributed by atoms with van der Waals surface area (Å²) >= 11 is 5.83. The van der Waals surface area contributed by atoms with Gasteiger partial charge in [0.2, 0.25) is 5.91 Å². The molecule has 1 fully saturated rings. The van der Waals surface area contributed by atoms with Crippen LogP contribution >= 0.6 is 11.6 Å². The summed E-state index contributed by atoms with van der Waals surface area (Å²) in [7, 11) is 0. The molecule has 9 heteroatoms. The Morgan fingerprint density at radius 3 is 2.14 bits per heavy atom. The monoisotopic (exact) mass is 416 g/mol. The van der Waals surface area contributed by atoms with Crippen LogP contribution in [0.1, 0.15) is 20.8 Å². The second-order valence-electron chi connectivity index (χ2n) is 7.88. The van der Waals surface area contributed by atoms with Crippen LogP contribution in [0.2, 0.25) is 5.15 Å². The van der Waals surface area contributed by atoms with Gasteiger partial charge in [-0.3, -0.25) is 4.79 Å². The largest absolute Gasteiger partial charge is 0.353 e. The first-order valence-corrected chi connectivity index (χ1v) is 9.80. The van der Waals surface area contributed by atoms with Crippen LogP contribution in [0.3, 0.4) is 0 Å². The van der Waals surface area contributed by atoms with E-state index in [-0.39, 0.29) is 17.4 Å². The zero-order valence-corrected chi connectivity index (χ0v) is 17.5. The number of pyridine rings is 2. The molecule has 0 saturated carbocycles. The zero-order valence-electron chi connectivity index (χ0n) is 16.8. The second-order valence-corrected chi connectivity index (χ2v) is 8.27. The van der Waals surface area contributed by atoms with Gasteiger partial charge in [0, 0.05) is 61.4 Å². The summed E-state index contributed by atoms with van der Waals surface area (Å²) in [5.74, 6) is 0.922. The first-order valence-electron chi connectivity index (χ1n) is 9.42. The SMILES string of the molecule is CC(C)(C)C(=O)N1CCN(c2cc(NC(=O)Nc3ccnc(Cl)c3)ccn2)CC1. The number of aromatic nitrogens is 2. The van der Waals surface area contributed by atoms with E-state index in [1.165, 1.54) is 6.20 Å². The first kappa shape index (κ1) is 20.9. The number of anilines is 3. The molecular formula is C20H25ClN6O2. The van der Waals surface area contributed by atoms with Gasteiger partial charge in [-0.15, -0.1) is 0 Å². The van der Waals surface area contributed by atoms with Crippen molar-refractivity contribution in [2.24, 2.45) is 5.41 Å². The fraction of sp³-hybridized carbons (Fsp3) is 0.400. The molecule has 2 N–H and O–H groups in total. The van der Waals surface area contributed by atoms with Crippen molar-refractivity contribution in [3.8, 4) is 0 Å². The average Bonchev–Trinajstić information content (AvgIpc) is 2.67. The number of hydrogen-bond donors (Lipinski definition) is 2. The number of carbonyl (C=O) groups is 2. The Labute approximate surface area is 175 Å². The molecule has 2 aromatic rings. The molecule has 3 heterocycles. The first-order chi connectivity index (χ1) is 13.7. The van der Waals surface area contributed by atoms with E-state index in [4.69, 9.17) is 11.6 Å². The minimum atomic E-state index is -0.384. The van der Waals surface area contributed by atoms with E-state index in [9.17, 15) is 9.59 Å². The van der Waals surface area contributed by atoms with Crippen molar-refractivity contribution < 1.29 is 9.59 Å². The molecule has 0 aromatic carbocycles. The van der Waals surface area contributed by atoms with Gasteiger partial charge in [0.15, 0.2) is 0 Å². The Kier molecular flexibility index (Phi) is 6.22. The Bertz CT molecular complexity index is 891. The fourth-order valence-electron chi connectivity index (χ4n) is 3.06. The molecule has 0 spiro atoms. The van der Waals surface area contributed by atoms with Crippen LogP contribution in [0.5, 0.6) is 0 Å². The molecule has 0 radical (unpaired) electrons. The van der Waals surface area contributed by atoms with Crippen molar-refractivity contribution in [2.75, 3.05) is 41.7 Å². The maximum atomic E-state index is 12.4. The minimum Gasteiger partial charge on any atom is -0.353 e. The summed E-state index contributed by atoms with van der Waals surface area (Å²) in [6, 6.07) is 6.38. The molecule has 154 valence electrons. The third-order valence-corrected chi connectivity index (χ3v) is 4.73. The molecule has 3 amide bonds. The second kappa shape index (κ2) is 8.65. The van der Waals surface area contributed by atoms with Crippen LogP contribution in [0.4, 0.5) is 22.0 Å². The quantitative estimate of drug-likeness (QED) is 0.747. The predicted molar refractivity (Wildman–Crippen MR) is 114 cm³/mol. The van der Waals surface area contributed by atoms with Gasteiger partial charge in [-0.2, -0.15) is 0 Å². The van der Waals surface area contributed by atoms with Crippen molar-refractivity contribution in [2.45, 2.75) is 20.8 Å². The topological polar surface area (TPSA) is 90.5 Å². The number of rotatable bonds is 3. The van der Waals surface area contributed by atoms with Crippen LogP contribution in [0.25, 0.3) is 0 Å². The molecule has 0 atom stereocenters. The van der Waals surface area contributed by atoms with Gasteiger partial charge in [-0.1, -0.05) is 32.4 Å². The summed E-state index contributed by atoms with van der Waals surface area (Å²) in [5.41, 5.74) is 0.800. The molecule has 1 aliphatic heterocycles. The zero-order chi connectivity index (χ0) is 21.0. The number of amides is 3. The van der Waals surface area contributed by atoms with Crippen LogP contribution in [-0.2, 0) is 4.79 Å². The summed E-state index contributed by atoms with van der Waals surface area (Å²) < 4.78 is 0. The molecule has 0 unspecified atom stereocenters. The molecule has 8 nitrogen and oxygen atoms in total. The Hall–Kier alpha value is -2.87. The lowest BCUT2D eigenvalue weighted by Gasteiger charge is -2.38. The van der Waals surface area contributed by atoms with Gasteiger partial charge >= 0.3 is 6.03 Å².